The molecule has 1 aliphatic heterocycles. The van der Waals surface area contributed by atoms with E-state index < -0.39 is 6.43 Å². The van der Waals surface area contributed by atoms with Crippen LogP contribution in [0.15, 0.2) is 30.3 Å². The first-order chi connectivity index (χ1) is 15.4. The van der Waals surface area contributed by atoms with Crippen molar-refractivity contribution in [2.24, 2.45) is 0 Å². The van der Waals surface area contributed by atoms with Crippen LogP contribution < -0.4 is 4.74 Å². The number of aromatic nitrogens is 3. The number of hydrogen-bond acceptors (Lipinski definition) is 5. The molecule has 0 atom stereocenters. The maximum absolute atomic E-state index is 13.5. The number of rotatable bonds is 6. The van der Waals surface area contributed by atoms with Crippen molar-refractivity contribution in [2.75, 3.05) is 33.3 Å². The monoisotopic (exact) mass is 443 g/mol. The van der Waals surface area contributed by atoms with E-state index in [0.29, 0.717) is 35.5 Å². The molecule has 0 spiro atoms. The summed E-state index contributed by atoms with van der Waals surface area (Å²) >= 11 is 0. The van der Waals surface area contributed by atoms with Crippen molar-refractivity contribution in [3.8, 4) is 5.75 Å². The minimum atomic E-state index is -2.62. The first-order valence-corrected chi connectivity index (χ1v) is 10.6. The molecule has 1 fully saturated rings. The Morgan fingerprint density at radius 1 is 1.16 bits per heavy atom. The van der Waals surface area contributed by atoms with Gasteiger partial charge in [-0.05, 0) is 37.6 Å². The summed E-state index contributed by atoms with van der Waals surface area (Å²) in [6.07, 6.45) is -2.62. The van der Waals surface area contributed by atoms with Gasteiger partial charge in [-0.1, -0.05) is 12.1 Å². The van der Waals surface area contributed by atoms with Gasteiger partial charge in [-0.3, -0.25) is 9.69 Å². The van der Waals surface area contributed by atoms with Crippen LogP contribution in [0, 0.1) is 13.8 Å². The van der Waals surface area contributed by atoms with Gasteiger partial charge in [0.15, 0.2) is 5.65 Å². The van der Waals surface area contributed by atoms with Gasteiger partial charge in [0.25, 0.3) is 6.43 Å². The van der Waals surface area contributed by atoms with Crippen LogP contribution in [0.4, 0.5) is 8.78 Å². The van der Waals surface area contributed by atoms with E-state index in [0.717, 1.165) is 25.4 Å². The first-order valence-electron chi connectivity index (χ1n) is 10.6. The summed E-state index contributed by atoms with van der Waals surface area (Å²) in [5.74, 6) is 0.745. The number of alkyl halides is 2. The Morgan fingerprint density at radius 3 is 2.59 bits per heavy atom. The lowest BCUT2D eigenvalue weighted by Gasteiger charge is -2.34. The van der Waals surface area contributed by atoms with Gasteiger partial charge < -0.3 is 9.64 Å². The van der Waals surface area contributed by atoms with Crippen LogP contribution in [0.3, 0.4) is 0 Å². The minimum Gasteiger partial charge on any atom is -0.497 e. The standard InChI is InChI=1S/C23H27F2N5O2/c1-15-11-19(22(24)25)21-16(2)27-30(23(21)26-15)14-20(31)29-9-7-28(8-10-29)13-17-5-4-6-18(12-17)32-3/h4-6,11-12,22H,7-10,13-14H2,1-3H3. The van der Waals surface area contributed by atoms with Gasteiger partial charge in [0.1, 0.15) is 12.3 Å². The van der Waals surface area contributed by atoms with E-state index in [-0.39, 0.29) is 18.0 Å². The SMILES string of the molecule is COc1cccc(CN2CCN(C(=O)Cn3nc(C)c4c(C(F)F)cc(C)nc43)CC2)c1. The van der Waals surface area contributed by atoms with Gasteiger partial charge in [-0.25, -0.2) is 18.4 Å². The molecule has 7 nitrogen and oxygen atoms in total. The van der Waals surface area contributed by atoms with Crippen LogP contribution in [0.2, 0.25) is 0 Å². The van der Waals surface area contributed by atoms with Crippen molar-refractivity contribution in [2.45, 2.75) is 33.4 Å². The highest BCUT2D eigenvalue weighted by molar-refractivity contribution is 5.84. The van der Waals surface area contributed by atoms with Gasteiger partial charge in [0.2, 0.25) is 5.91 Å². The number of carbonyl (C=O) groups excluding carboxylic acids is 1. The third kappa shape index (κ3) is 4.57. The van der Waals surface area contributed by atoms with Crippen LogP contribution in [0.5, 0.6) is 5.75 Å². The third-order valence-corrected chi connectivity index (χ3v) is 5.82. The number of halogens is 2. The van der Waals surface area contributed by atoms with Gasteiger partial charge in [-0.2, -0.15) is 5.10 Å². The molecule has 1 saturated heterocycles. The molecule has 0 aliphatic carbocycles. The second-order valence-corrected chi connectivity index (χ2v) is 8.10. The molecular formula is C23H27F2N5O2. The molecular weight excluding hydrogens is 416 g/mol. The molecule has 3 aromatic rings. The number of fused-ring (bicyclic) bond motifs is 1. The quantitative estimate of drug-likeness (QED) is 0.585. The Balaban J connectivity index is 1.42. The highest BCUT2D eigenvalue weighted by atomic mass is 19.3. The number of amides is 1. The molecule has 0 bridgehead atoms. The van der Waals surface area contributed by atoms with Crippen LogP contribution >= 0.6 is 0 Å². The van der Waals surface area contributed by atoms with Crippen molar-refractivity contribution in [3.63, 3.8) is 0 Å². The summed E-state index contributed by atoms with van der Waals surface area (Å²) < 4.78 is 33.7. The number of aryl methyl sites for hydroxylation is 2. The number of benzene rings is 1. The number of hydrogen-bond donors (Lipinski definition) is 0. The number of piperazine rings is 1. The molecule has 0 radical (unpaired) electrons. The fourth-order valence-corrected chi connectivity index (χ4v) is 4.21. The highest BCUT2D eigenvalue weighted by Crippen LogP contribution is 2.30. The molecule has 0 unspecified atom stereocenters. The Hall–Kier alpha value is -3.07. The molecule has 1 aliphatic rings. The zero-order valence-electron chi connectivity index (χ0n) is 18.5. The predicted molar refractivity (Wildman–Crippen MR) is 117 cm³/mol. The number of methoxy groups -OCH3 is 1. The molecule has 4 rings (SSSR count). The van der Waals surface area contributed by atoms with Crippen molar-refractivity contribution < 1.29 is 18.3 Å². The summed E-state index contributed by atoms with van der Waals surface area (Å²) in [5, 5.41) is 4.68. The highest BCUT2D eigenvalue weighted by Gasteiger charge is 2.24. The minimum absolute atomic E-state index is 0.0145. The molecule has 170 valence electrons. The molecule has 0 N–H and O–H groups in total. The zero-order chi connectivity index (χ0) is 22.8. The van der Waals surface area contributed by atoms with Crippen molar-refractivity contribution in [1.29, 1.82) is 0 Å². The molecule has 0 saturated carbocycles. The van der Waals surface area contributed by atoms with Gasteiger partial charge >= 0.3 is 0 Å². The predicted octanol–water partition coefficient (Wildman–Crippen LogP) is 3.34. The summed E-state index contributed by atoms with van der Waals surface area (Å²) in [6, 6.07) is 9.36. The number of pyridine rings is 1. The lowest BCUT2D eigenvalue weighted by Crippen LogP contribution is -2.49. The second kappa shape index (κ2) is 9.20. The van der Waals surface area contributed by atoms with E-state index in [1.54, 1.807) is 25.9 Å². The number of ether oxygens (including phenoxy) is 1. The molecule has 9 heteroatoms. The average Bonchev–Trinajstić information content (AvgIpc) is 3.08. The lowest BCUT2D eigenvalue weighted by molar-refractivity contribution is -0.133. The maximum Gasteiger partial charge on any atom is 0.264 e. The smallest absolute Gasteiger partial charge is 0.264 e. The van der Waals surface area contributed by atoms with E-state index >= 15 is 0 Å². The van der Waals surface area contributed by atoms with Crippen molar-refractivity contribution >= 4 is 16.9 Å². The van der Waals surface area contributed by atoms with Gasteiger partial charge in [0, 0.05) is 44.0 Å². The Morgan fingerprint density at radius 2 is 1.91 bits per heavy atom. The van der Waals surface area contributed by atoms with Crippen LogP contribution in [0.1, 0.15) is 28.9 Å². The van der Waals surface area contributed by atoms with E-state index in [2.05, 4.69) is 21.0 Å². The van der Waals surface area contributed by atoms with E-state index in [9.17, 15) is 13.6 Å². The molecule has 1 amide bonds. The van der Waals surface area contributed by atoms with Crippen molar-refractivity contribution in [3.05, 3.63) is 52.8 Å². The van der Waals surface area contributed by atoms with E-state index in [1.807, 2.05) is 18.2 Å². The maximum atomic E-state index is 13.5. The van der Waals surface area contributed by atoms with Crippen molar-refractivity contribution in [1.82, 2.24) is 24.6 Å². The molecule has 2 aromatic heterocycles. The lowest BCUT2D eigenvalue weighted by atomic mass is 10.1. The summed E-state index contributed by atoms with van der Waals surface area (Å²) in [5.41, 5.74) is 2.35. The Kier molecular flexibility index (Phi) is 6.36. The topological polar surface area (TPSA) is 63.5 Å². The van der Waals surface area contributed by atoms with Crippen LogP contribution in [-0.2, 0) is 17.9 Å². The molecule has 1 aromatic carbocycles. The normalized spacial score (nSPS) is 15.0. The fourth-order valence-electron chi connectivity index (χ4n) is 4.21. The summed E-state index contributed by atoms with van der Waals surface area (Å²) in [4.78, 5) is 21.4. The number of carbonyl (C=O) groups is 1. The number of nitrogens with zero attached hydrogens (tertiary/aromatic N) is 5. The van der Waals surface area contributed by atoms with Gasteiger partial charge in [0.05, 0.1) is 18.2 Å². The van der Waals surface area contributed by atoms with Crippen LogP contribution in [-0.4, -0.2) is 63.8 Å². The van der Waals surface area contributed by atoms with Gasteiger partial charge in [-0.15, -0.1) is 0 Å². The Labute approximate surface area is 185 Å². The fraction of sp³-hybridized carbons (Fsp3) is 0.435. The third-order valence-electron chi connectivity index (χ3n) is 5.82. The molecule has 32 heavy (non-hydrogen) atoms. The van der Waals surface area contributed by atoms with E-state index in [4.69, 9.17) is 4.74 Å². The largest absolute Gasteiger partial charge is 0.497 e. The average molecular weight is 443 g/mol. The first kappa shape index (κ1) is 22.1. The van der Waals surface area contributed by atoms with E-state index in [1.165, 1.54) is 16.3 Å². The second-order valence-electron chi connectivity index (χ2n) is 8.10. The molecule has 3 heterocycles. The summed E-state index contributed by atoms with van der Waals surface area (Å²) in [7, 11) is 1.65. The summed E-state index contributed by atoms with van der Waals surface area (Å²) in [6.45, 7) is 6.85. The van der Waals surface area contributed by atoms with Crippen LogP contribution in [0.25, 0.3) is 11.0 Å². The zero-order valence-corrected chi connectivity index (χ0v) is 18.5. The Bertz CT molecular complexity index is 1120.